The quantitative estimate of drug-likeness (QED) is 0.293. The van der Waals surface area contributed by atoms with Crippen LogP contribution in [-0.2, 0) is 6.18 Å². The average molecular weight is 615 g/mol. The number of anilines is 2. The second-order valence-electron chi connectivity index (χ2n) is 12.6. The molecule has 0 saturated carbocycles. The van der Waals surface area contributed by atoms with Gasteiger partial charge >= 0.3 is 6.18 Å². The molecule has 3 aliphatic heterocycles. The number of hydrogen-bond acceptors (Lipinski definition) is 4. The number of amides is 1. The first-order valence-electron chi connectivity index (χ1n) is 15.6. The van der Waals surface area contributed by atoms with Crippen molar-refractivity contribution in [2.24, 2.45) is 0 Å². The Labute approximate surface area is 262 Å². The monoisotopic (exact) mass is 614 g/mol. The van der Waals surface area contributed by atoms with Crippen molar-refractivity contribution >= 4 is 35.3 Å². The highest BCUT2D eigenvalue weighted by Gasteiger charge is 2.40. The van der Waals surface area contributed by atoms with Crippen LogP contribution in [0, 0.1) is 13.8 Å². The summed E-state index contributed by atoms with van der Waals surface area (Å²) in [6, 6.07) is 16.7. The number of para-hydroxylation sites is 1. The van der Waals surface area contributed by atoms with E-state index in [0.29, 0.717) is 18.8 Å². The van der Waals surface area contributed by atoms with Gasteiger partial charge in [-0.15, -0.1) is 4.67 Å². The fourth-order valence-corrected chi connectivity index (χ4v) is 7.11. The van der Waals surface area contributed by atoms with E-state index in [-0.39, 0.29) is 17.5 Å². The molecule has 0 spiro atoms. The van der Waals surface area contributed by atoms with Crippen LogP contribution in [-0.4, -0.2) is 70.9 Å². The maximum Gasteiger partial charge on any atom is 0.433 e. The number of hydrogen-bond donors (Lipinski definition) is 0. The molecule has 2 aromatic carbocycles. The fourth-order valence-electron chi connectivity index (χ4n) is 7.11. The van der Waals surface area contributed by atoms with Crippen LogP contribution in [0.2, 0.25) is 0 Å². The van der Waals surface area contributed by atoms with E-state index < -0.39 is 11.9 Å². The minimum atomic E-state index is -4.47. The number of carbonyl (C=O) groups is 1. The van der Waals surface area contributed by atoms with Crippen molar-refractivity contribution in [3.05, 3.63) is 94.8 Å². The third-order valence-corrected chi connectivity index (χ3v) is 9.71. The van der Waals surface area contributed by atoms with Crippen LogP contribution < -0.4 is 9.57 Å². The molecule has 9 heteroatoms. The van der Waals surface area contributed by atoms with E-state index in [1.54, 1.807) is 6.21 Å². The molecule has 234 valence electrons. The Morgan fingerprint density at radius 3 is 2.18 bits per heavy atom. The number of carbonyl (C=O) groups excluding carboxylic acids is 1. The van der Waals surface area contributed by atoms with E-state index in [4.69, 9.17) is 0 Å². The van der Waals surface area contributed by atoms with Gasteiger partial charge in [-0.2, -0.15) is 13.2 Å². The van der Waals surface area contributed by atoms with Gasteiger partial charge in [0.1, 0.15) is 5.69 Å². The number of halogens is 3. The van der Waals surface area contributed by atoms with Gasteiger partial charge in [0.05, 0.1) is 17.5 Å². The summed E-state index contributed by atoms with van der Waals surface area (Å²) in [6.07, 6.45) is 6.00. The zero-order valence-electron chi connectivity index (χ0n) is 26.0. The second-order valence-corrected chi connectivity index (χ2v) is 12.6. The number of aryl methyl sites for hydroxylation is 2. The minimum Gasteiger partial charge on any atom is -0.338 e. The summed E-state index contributed by atoms with van der Waals surface area (Å²) in [6.45, 7) is 9.50. The molecular formula is C36H39F3N5O+. The van der Waals surface area contributed by atoms with E-state index >= 15 is 0 Å². The van der Waals surface area contributed by atoms with Crippen molar-refractivity contribution in [3.8, 4) is 0 Å². The molecule has 4 heterocycles. The highest BCUT2D eigenvalue weighted by atomic mass is 19.4. The van der Waals surface area contributed by atoms with Crippen molar-refractivity contribution in [2.45, 2.75) is 64.2 Å². The maximum absolute atomic E-state index is 13.7. The lowest BCUT2D eigenvalue weighted by atomic mass is 9.84. The summed E-state index contributed by atoms with van der Waals surface area (Å²) < 4.78 is 43.8. The molecule has 0 bridgehead atoms. The number of allylic oxidation sites excluding steroid dienone is 2. The Kier molecular flexibility index (Phi) is 8.42. The van der Waals surface area contributed by atoms with Crippen molar-refractivity contribution in [3.63, 3.8) is 0 Å². The number of likely N-dealkylation sites (tertiary alicyclic amines) is 2. The molecule has 0 N–H and O–H groups in total. The summed E-state index contributed by atoms with van der Waals surface area (Å²) in [5.74, 6) is 0.0987. The lowest BCUT2D eigenvalue weighted by Gasteiger charge is -2.50. The fraction of sp³-hybridized carbons (Fsp3) is 0.389. The molecule has 3 aliphatic rings. The van der Waals surface area contributed by atoms with Crippen LogP contribution in [0.4, 0.5) is 24.5 Å². The number of rotatable bonds is 6. The molecule has 0 unspecified atom stereocenters. The zero-order chi connectivity index (χ0) is 31.8. The first-order valence-corrected chi connectivity index (χ1v) is 15.6. The Hall–Kier alpha value is -4.20. The second kappa shape index (κ2) is 12.3. The Morgan fingerprint density at radius 2 is 1.62 bits per heavy atom. The molecule has 1 amide bonds. The topological polar surface area (TPSA) is 53.8 Å². The standard InChI is InChI=1S/C36H39F3N5O/c1-25-21-28(27-11-16-40-23-27)22-26(2)33(25)34(45)42-19-14-35(3,15-20-42)43-17-12-30(13-18-43)44(29-7-5-4-6-8-29)31-9-10-32(41-24-31)36(37,38)39/h4-11,16,21-24,30H,12-15,17-20H2,1-3H3/q+1. The average Bonchev–Trinajstić information content (AvgIpc) is 3.57. The largest absolute Gasteiger partial charge is 0.433 e. The number of piperidine rings is 2. The van der Waals surface area contributed by atoms with E-state index in [0.717, 1.165) is 78.4 Å². The number of pyridine rings is 1. The lowest BCUT2D eigenvalue weighted by molar-refractivity contribution is -0.141. The number of aromatic nitrogens is 1. The maximum atomic E-state index is 13.7. The molecule has 2 fully saturated rings. The van der Waals surface area contributed by atoms with Gasteiger partial charge in [0.25, 0.3) is 18.3 Å². The molecule has 0 atom stereocenters. The van der Waals surface area contributed by atoms with Crippen LogP contribution in [0.1, 0.15) is 65.3 Å². The minimum absolute atomic E-state index is 0.0199. The molecule has 0 aliphatic carbocycles. The highest BCUT2D eigenvalue weighted by molar-refractivity contribution is 6.17. The first kappa shape index (κ1) is 30.8. The van der Waals surface area contributed by atoms with Crippen molar-refractivity contribution in [1.82, 2.24) is 19.5 Å². The molecular weight excluding hydrogens is 575 g/mol. The predicted molar refractivity (Wildman–Crippen MR) is 174 cm³/mol. The van der Waals surface area contributed by atoms with Crippen molar-refractivity contribution < 1.29 is 18.0 Å². The van der Waals surface area contributed by atoms with Crippen LogP contribution in [0.25, 0.3) is 5.57 Å². The normalized spacial score (nSPS) is 18.7. The van der Waals surface area contributed by atoms with E-state index in [1.807, 2.05) is 61.4 Å². The SMILES string of the molecule is Cc1cc(C2=CC=[N+]=C2)cc(C)c1C(=O)N1CCC(C)(N2CCC(N(c3ccccc3)c3ccc(C(F)(F)F)nc3)CC2)CC1. The van der Waals surface area contributed by atoms with Crippen LogP contribution >= 0.6 is 0 Å². The third-order valence-electron chi connectivity index (χ3n) is 9.71. The summed E-state index contributed by atoms with van der Waals surface area (Å²) in [4.78, 5) is 24.2. The Bertz CT molecular complexity index is 1620. The summed E-state index contributed by atoms with van der Waals surface area (Å²) >= 11 is 0. The summed E-state index contributed by atoms with van der Waals surface area (Å²) in [7, 11) is 0. The van der Waals surface area contributed by atoms with Gasteiger partial charge in [-0.1, -0.05) is 30.3 Å². The predicted octanol–water partition coefficient (Wildman–Crippen LogP) is 6.62. The van der Waals surface area contributed by atoms with Crippen molar-refractivity contribution in [2.75, 3.05) is 31.1 Å². The summed E-state index contributed by atoms with van der Waals surface area (Å²) in [5, 5.41) is 0. The number of alkyl halides is 3. The van der Waals surface area contributed by atoms with Gasteiger partial charge < -0.3 is 9.80 Å². The molecule has 0 radical (unpaired) electrons. The highest BCUT2D eigenvalue weighted by Crippen LogP contribution is 2.37. The Morgan fingerprint density at radius 1 is 0.956 bits per heavy atom. The van der Waals surface area contributed by atoms with Gasteiger partial charge in [0, 0.05) is 55.1 Å². The first-order chi connectivity index (χ1) is 21.5. The number of benzene rings is 2. The van der Waals surface area contributed by atoms with Crippen LogP contribution in [0.3, 0.4) is 0 Å². The van der Waals surface area contributed by atoms with Gasteiger partial charge in [0.2, 0.25) is 0 Å². The van der Waals surface area contributed by atoms with Crippen molar-refractivity contribution in [1.29, 1.82) is 0 Å². The van der Waals surface area contributed by atoms with Crippen LogP contribution in [0.5, 0.6) is 0 Å². The van der Waals surface area contributed by atoms with Gasteiger partial charge in [0.15, 0.2) is 0 Å². The molecule has 3 aromatic rings. The van der Waals surface area contributed by atoms with E-state index in [1.165, 1.54) is 12.3 Å². The third kappa shape index (κ3) is 6.33. The molecule has 6 nitrogen and oxygen atoms in total. The molecule has 45 heavy (non-hydrogen) atoms. The van der Waals surface area contributed by atoms with Gasteiger partial charge in [-0.3, -0.25) is 9.69 Å². The van der Waals surface area contributed by atoms with E-state index in [2.05, 4.69) is 38.5 Å². The van der Waals surface area contributed by atoms with Crippen LogP contribution in [0.15, 0.2) is 66.9 Å². The molecule has 6 rings (SSSR count). The molecule has 1 aromatic heterocycles. The number of nitrogens with zero attached hydrogens (tertiary/aromatic N) is 5. The molecule has 2 saturated heterocycles. The van der Waals surface area contributed by atoms with E-state index in [9.17, 15) is 18.0 Å². The lowest BCUT2D eigenvalue weighted by Crippen LogP contribution is -2.57. The summed E-state index contributed by atoms with van der Waals surface area (Å²) in [5.41, 5.74) is 5.60. The Balaban J connectivity index is 1.11. The smallest absolute Gasteiger partial charge is 0.338 e. The zero-order valence-corrected chi connectivity index (χ0v) is 26.0. The van der Waals surface area contributed by atoms with Gasteiger partial charge in [-0.05, 0) is 87.4 Å². The van der Waals surface area contributed by atoms with Gasteiger partial charge in [-0.25, -0.2) is 4.98 Å².